The Morgan fingerprint density at radius 1 is 1.00 bits per heavy atom. The summed E-state index contributed by atoms with van der Waals surface area (Å²) in [6, 6.07) is 20.7. The monoisotopic (exact) mass is 490 g/mol. The Morgan fingerprint density at radius 2 is 1.77 bits per heavy atom. The minimum Gasteiger partial charge on any atom is -0.351 e. The van der Waals surface area contributed by atoms with Gasteiger partial charge < -0.3 is 4.57 Å². The molecule has 0 N–H and O–H groups in total. The van der Waals surface area contributed by atoms with Crippen LogP contribution < -0.4 is 0 Å². The molecule has 35 heavy (non-hydrogen) atoms. The molecule has 0 aliphatic carbocycles. The maximum atomic E-state index is 13.3. The molecule has 0 bridgehead atoms. The molecule has 7 heteroatoms. The molecule has 0 saturated carbocycles. The van der Waals surface area contributed by atoms with E-state index >= 15 is 0 Å². The Labute approximate surface area is 204 Å². The van der Waals surface area contributed by atoms with Gasteiger partial charge in [0.05, 0.1) is 10.9 Å². The molecule has 1 saturated heterocycles. The van der Waals surface area contributed by atoms with Crippen molar-refractivity contribution >= 4 is 26.7 Å². The fourth-order valence-corrected chi connectivity index (χ4v) is 6.55. The molecular weight excluding hydrogens is 463 g/mol. The second kappa shape index (κ2) is 9.40. The van der Waals surface area contributed by atoms with Crippen molar-refractivity contribution in [1.82, 2.24) is 8.87 Å². The van der Waals surface area contributed by atoms with E-state index in [4.69, 9.17) is 0 Å². The van der Waals surface area contributed by atoms with Gasteiger partial charge in [0.2, 0.25) is 10.0 Å². The van der Waals surface area contributed by atoms with Gasteiger partial charge in [0.25, 0.3) is 0 Å². The molecular formula is C28H27FN2O3S. The highest BCUT2D eigenvalue weighted by Crippen LogP contribution is 2.29. The van der Waals surface area contributed by atoms with Crippen molar-refractivity contribution in [3.63, 3.8) is 0 Å². The van der Waals surface area contributed by atoms with Gasteiger partial charge in [0.1, 0.15) is 5.82 Å². The highest BCUT2D eigenvalue weighted by Gasteiger charge is 2.38. The van der Waals surface area contributed by atoms with Crippen molar-refractivity contribution in [3.05, 3.63) is 90.4 Å². The fraction of sp³-hybridized carbons (Fsp3) is 0.250. The summed E-state index contributed by atoms with van der Waals surface area (Å²) in [6.07, 6.45) is 3.99. The molecule has 0 amide bonds. The Balaban J connectivity index is 1.30. The van der Waals surface area contributed by atoms with Crippen molar-refractivity contribution in [3.8, 4) is 11.1 Å². The largest absolute Gasteiger partial charge is 0.351 e. The van der Waals surface area contributed by atoms with Gasteiger partial charge in [0, 0.05) is 31.7 Å². The summed E-state index contributed by atoms with van der Waals surface area (Å²) >= 11 is 0. The van der Waals surface area contributed by atoms with Crippen LogP contribution in [-0.2, 0) is 28.3 Å². The number of aromatic nitrogens is 1. The van der Waals surface area contributed by atoms with Crippen LogP contribution in [0.2, 0.25) is 0 Å². The van der Waals surface area contributed by atoms with Crippen LogP contribution >= 0.6 is 0 Å². The third kappa shape index (κ3) is 4.66. The number of carbonyl (C=O) groups excluding carboxylic acids is 1. The minimum absolute atomic E-state index is 0.0153. The lowest BCUT2D eigenvalue weighted by atomic mass is 9.98. The van der Waals surface area contributed by atoms with Crippen LogP contribution in [0, 0.1) is 5.82 Å². The zero-order valence-corrected chi connectivity index (χ0v) is 20.3. The maximum Gasteiger partial charge on any atom is 0.243 e. The first-order chi connectivity index (χ1) is 16.8. The molecule has 1 aliphatic heterocycles. The maximum absolute atomic E-state index is 13.3. The first-order valence-electron chi connectivity index (χ1n) is 11.8. The van der Waals surface area contributed by atoms with E-state index in [0.29, 0.717) is 25.8 Å². The third-order valence-corrected chi connectivity index (χ3v) is 8.73. The number of fused-ring (bicyclic) bond motifs is 1. The zero-order chi connectivity index (χ0) is 24.6. The molecule has 0 radical (unpaired) electrons. The Bertz CT molecular complexity index is 1490. The van der Waals surface area contributed by atoms with Crippen molar-refractivity contribution in [2.24, 2.45) is 7.05 Å². The number of sulfonamides is 1. The number of rotatable bonds is 7. The molecule has 1 aromatic heterocycles. The van der Waals surface area contributed by atoms with E-state index in [2.05, 4.69) is 41.0 Å². The predicted octanol–water partition coefficient (Wildman–Crippen LogP) is 5.34. The molecule has 2 heterocycles. The van der Waals surface area contributed by atoms with Gasteiger partial charge in [0.15, 0.2) is 5.78 Å². The standard InChI is InChI=1S/C28H27FN2O3S/c1-30-17-15-21-8-9-23(19-27(21)30)22-5-2-4-20(18-22)7-14-28(32)26-6-3-16-31(26)35(33,34)25-12-10-24(29)11-13-25/h2,4-5,8-13,15,17-19,26H,3,6-7,14,16H2,1H3/t26-/m0/s1. The van der Waals surface area contributed by atoms with Gasteiger partial charge in [-0.2, -0.15) is 4.31 Å². The second-order valence-corrected chi connectivity index (χ2v) is 11.0. The molecule has 0 unspecified atom stereocenters. The lowest BCUT2D eigenvalue weighted by molar-refractivity contribution is -0.122. The SMILES string of the molecule is Cn1ccc2ccc(-c3cccc(CCC(=O)[C@@H]4CCCN4S(=O)(=O)c4ccc(F)cc4)c3)cc21. The number of carbonyl (C=O) groups is 1. The van der Waals surface area contributed by atoms with E-state index in [1.54, 1.807) is 0 Å². The number of benzene rings is 3. The van der Waals surface area contributed by atoms with Gasteiger partial charge in [-0.3, -0.25) is 4.79 Å². The molecule has 0 spiro atoms. The van der Waals surface area contributed by atoms with Crippen LogP contribution in [0.25, 0.3) is 22.0 Å². The summed E-state index contributed by atoms with van der Waals surface area (Å²) < 4.78 is 42.8. The van der Waals surface area contributed by atoms with Crippen LogP contribution in [0.15, 0.2) is 83.9 Å². The molecule has 1 aliphatic rings. The third-order valence-electron chi connectivity index (χ3n) is 6.80. The normalized spacial score (nSPS) is 16.7. The van der Waals surface area contributed by atoms with Crippen molar-refractivity contribution in [2.45, 2.75) is 36.6 Å². The number of ketones is 1. The van der Waals surface area contributed by atoms with E-state index in [0.717, 1.165) is 34.3 Å². The van der Waals surface area contributed by atoms with Gasteiger partial charge in [-0.1, -0.05) is 36.4 Å². The highest BCUT2D eigenvalue weighted by molar-refractivity contribution is 7.89. The summed E-state index contributed by atoms with van der Waals surface area (Å²) in [6.45, 7) is 0.299. The minimum atomic E-state index is -3.85. The molecule has 1 atom stereocenters. The molecule has 3 aromatic carbocycles. The van der Waals surface area contributed by atoms with E-state index < -0.39 is 21.9 Å². The summed E-state index contributed by atoms with van der Waals surface area (Å²) in [7, 11) is -1.82. The van der Waals surface area contributed by atoms with E-state index in [1.165, 1.54) is 21.8 Å². The van der Waals surface area contributed by atoms with Crippen LogP contribution in [-0.4, -0.2) is 35.7 Å². The topological polar surface area (TPSA) is 59.4 Å². The van der Waals surface area contributed by atoms with E-state index in [9.17, 15) is 17.6 Å². The van der Waals surface area contributed by atoms with Crippen LogP contribution in [0.5, 0.6) is 0 Å². The van der Waals surface area contributed by atoms with Gasteiger partial charge in [-0.05, 0) is 77.7 Å². The van der Waals surface area contributed by atoms with Crippen molar-refractivity contribution in [1.29, 1.82) is 0 Å². The van der Waals surface area contributed by atoms with Gasteiger partial charge in [-0.15, -0.1) is 0 Å². The summed E-state index contributed by atoms with van der Waals surface area (Å²) in [4.78, 5) is 13.1. The van der Waals surface area contributed by atoms with E-state index in [-0.39, 0.29) is 17.1 Å². The summed E-state index contributed by atoms with van der Waals surface area (Å²) in [5, 5.41) is 1.19. The molecule has 5 nitrogen and oxygen atoms in total. The van der Waals surface area contributed by atoms with Gasteiger partial charge in [-0.25, -0.2) is 12.8 Å². The number of halogens is 1. The molecule has 5 rings (SSSR count). The quantitative estimate of drug-likeness (QED) is 0.351. The molecule has 4 aromatic rings. The van der Waals surface area contributed by atoms with Crippen LogP contribution in [0.3, 0.4) is 0 Å². The number of hydrogen-bond donors (Lipinski definition) is 0. The van der Waals surface area contributed by atoms with Crippen molar-refractivity contribution in [2.75, 3.05) is 6.54 Å². The average Bonchev–Trinajstić information content (AvgIpc) is 3.51. The first-order valence-corrected chi connectivity index (χ1v) is 13.2. The number of aryl methyl sites for hydroxylation is 2. The lowest BCUT2D eigenvalue weighted by Crippen LogP contribution is -2.40. The first kappa shape index (κ1) is 23.5. The average molecular weight is 491 g/mol. The Hall–Kier alpha value is -3.29. The molecule has 1 fully saturated rings. The number of hydrogen-bond acceptors (Lipinski definition) is 3. The Morgan fingerprint density at radius 3 is 2.57 bits per heavy atom. The highest BCUT2D eigenvalue weighted by atomic mass is 32.2. The number of nitrogens with zero attached hydrogens (tertiary/aromatic N) is 2. The van der Waals surface area contributed by atoms with Gasteiger partial charge >= 0.3 is 0 Å². The Kier molecular flexibility index (Phi) is 6.30. The fourth-order valence-electron chi connectivity index (χ4n) is 4.87. The van der Waals surface area contributed by atoms with E-state index in [1.807, 2.05) is 25.4 Å². The van der Waals surface area contributed by atoms with Crippen molar-refractivity contribution < 1.29 is 17.6 Å². The predicted molar refractivity (Wildman–Crippen MR) is 135 cm³/mol. The smallest absolute Gasteiger partial charge is 0.243 e. The zero-order valence-electron chi connectivity index (χ0n) is 19.5. The van der Waals surface area contributed by atoms with Crippen LogP contribution in [0.4, 0.5) is 4.39 Å². The lowest BCUT2D eigenvalue weighted by Gasteiger charge is -2.23. The molecule has 180 valence electrons. The summed E-state index contributed by atoms with van der Waals surface area (Å²) in [5.74, 6) is -0.576. The summed E-state index contributed by atoms with van der Waals surface area (Å²) in [5.41, 5.74) is 4.39. The second-order valence-electron chi connectivity index (χ2n) is 9.09. The van der Waals surface area contributed by atoms with Crippen LogP contribution in [0.1, 0.15) is 24.8 Å². The number of Topliss-reactive ketones (excluding diaryl/α,β-unsaturated/α-hetero) is 1.